The Labute approximate surface area is 220 Å². The molecule has 1 aliphatic carbocycles. The molecule has 7 heteroatoms. The number of aromatic nitrogens is 1. The maximum Gasteiger partial charge on any atom is 0.323 e. The summed E-state index contributed by atoms with van der Waals surface area (Å²) in [7, 11) is 1.64. The predicted octanol–water partition coefficient (Wildman–Crippen LogP) is 6.14. The number of halogens is 1. The summed E-state index contributed by atoms with van der Waals surface area (Å²) in [6.07, 6.45) is 5.29. The Kier molecular flexibility index (Phi) is 8.28. The van der Waals surface area contributed by atoms with Gasteiger partial charge in [-0.05, 0) is 72.9 Å². The lowest BCUT2D eigenvalue weighted by atomic mass is 9.73. The number of nitrogens with zero attached hydrogens (tertiary/aromatic N) is 1. The van der Waals surface area contributed by atoms with Crippen LogP contribution >= 0.6 is 11.6 Å². The van der Waals surface area contributed by atoms with Crippen molar-refractivity contribution in [3.63, 3.8) is 0 Å². The molecule has 0 unspecified atom stereocenters. The molecule has 1 aliphatic heterocycles. The number of hydrogen-bond donors (Lipinski definition) is 1. The summed E-state index contributed by atoms with van der Waals surface area (Å²) in [5.74, 6) is 0.759. The molecule has 2 heterocycles. The molecule has 1 saturated carbocycles. The number of nitrogens with one attached hydrogen (secondary N) is 1. The summed E-state index contributed by atoms with van der Waals surface area (Å²) in [4.78, 5) is 17.7. The molecule has 1 saturated heterocycles. The smallest absolute Gasteiger partial charge is 0.323 e. The van der Waals surface area contributed by atoms with E-state index in [1.807, 2.05) is 31.3 Å². The Balaban J connectivity index is 1.70. The Bertz CT molecular complexity index is 1080. The number of pyridine rings is 1. The first kappa shape index (κ1) is 26.9. The standard InChI is InChI=1S/C29H39ClN2O4/c1-7-35-28(33)25-23(29(3,4)5)26(24(32-25)22-14-21(30)12-11-17(22)2)36-16-20-13-19(18-9-8-10-18)15-31-27(20)34-6/h11-15,18,23-26,32H,7-10,16H2,1-6H3/t23-,24+,25+,26+/m1/s1. The van der Waals surface area contributed by atoms with E-state index in [2.05, 4.69) is 44.1 Å². The quantitative estimate of drug-likeness (QED) is 0.426. The largest absolute Gasteiger partial charge is 0.481 e. The molecule has 36 heavy (non-hydrogen) atoms. The maximum atomic E-state index is 13.1. The van der Waals surface area contributed by atoms with Crippen LogP contribution < -0.4 is 10.1 Å². The summed E-state index contributed by atoms with van der Waals surface area (Å²) in [5.41, 5.74) is 4.06. The zero-order chi connectivity index (χ0) is 26.0. The fraction of sp³-hybridized carbons (Fsp3) is 0.586. The van der Waals surface area contributed by atoms with E-state index in [-0.39, 0.29) is 29.4 Å². The average Bonchev–Trinajstić information content (AvgIpc) is 3.18. The number of rotatable bonds is 8. The Morgan fingerprint density at radius 2 is 1.97 bits per heavy atom. The Morgan fingerprint density at radius 3 is 2.58 bits per heavy atom. The molecule has 1 N–H and O–H groups in total. The van der Waals surface area contributed by atoms with Crippen molar-refractivity contribution in [3.05, 3.63) is 57.7 Å². The van der Waals surface area contributed by atoms with Crippen molar-refractivity contribution in [1.82, 2.24) is 10.3 Å². The highest BCUT2D eigenvalue weighted by molar-refractivity contribution is 6.30. The number of benzene rings is 1. The van der Waals surface area contributed by atoms with Gasteiger partial charge in [0.15, 0.2) is 0 Å². The number of carbonyl (C=O) groups is 1. The van der Waals surface area contributed by atoms with Gasteiger partial charge in [0.05, 0.1) is 32.5 Å². The summed E-state index contributed by atoms with van der Waals surface area (Å²) < 4.78 is 17.8. The molecule has 2 aliphatic rings. The molecule has 4 rings (SSSR count). The van der Waals surface area contributed by atoms with Gasteiger partial charge in [0.1, 0.15) is 6.04 Å². The molecule has 0 radical (unpaired) electrons. The fourth-order valence-electron chi connectivity index (χ4n) is 5.60. The maximum absolute atomic E-state index is 13.1. The lowest BCUT2D eigenvalue weighted by Crippen LogP contribution is -2.44. The van der Waals surface area contributed by atoms with Gasteiger partial charge >= 0.3 is 5.97 Å². The van der Waals surface area contributed by atoms with Crippen LogP contribution in [-0.4, -0.2) is 36.8 Å². The average molecular weight is 515 g/mol. The summed E-state index contributed by atoms with van der Waals surface area (Å²) in [5, 5.41) is 4.23. The van der Waals surface area contributed by atoms with Gasteiger partial charge in [-0.1, -0.05) is 44.9 Å². The van der Waals surface area contributed by atoms with Crippen LogP contribution in [0.4, 0.5) is 0 Å². The summed E-state index contributed by atoms with van der Waals surface area (Å²) in [6, 6.07) is 7.31. The first-order chi connectivity index (χ1) is 17.1. The number of methoxy groups -OCH3 is 1. The third-order valence-electron chi connectivity index (χ3n) is 7.67. The van der Waals surface area contributed by atoms with Crippen molar-refractivity contribution in [2.24, 2.45) is 11.3 Å². The van der Waals surface area contributed by atoms with Gasteiger partial charge in [0.2, 0.25) is 5.88 Å². The molecule has 0 amide bonds. The third kappa shape index (κ3) is 5.56. The monoisotopic (exact) mass is 514 g/mol. The summed E-state index contributed by atoms with van der Waals surface area (Å²) >= 11 is 6.41. The second kappa shape index (κ2) is 11.1. The minimum Gasteiger partial charge on any atom is -0.481 e. The molecule has 1 aromatic heterocycles. The lowest BCUT2D eigenvalue weighted by molar-refractivity contribution is -0.148. The number of ether oxygens (including phenoxy) is 3. The van der Waals surface area contributed by atoms with Crippen molar-refractivity contribution < 1.29 is 19.0 Å². The van der Waals surface area contributed by atoms with E-state index in [9.17, 15) is 4.79 Å². The van der Waals surface area contributed by atoms with E-state index in [1.54, 1.807) is 7.11 Å². The fourth-order valence-corrected chi connectivity index (χ4v) is 5.78. The first-order valence-electron chi connectivity index (χ1n) is 13.0. The molecule has 4 atom stereocenters. The van der Waals surface area contributed by atoms with Crippen molar-refractivity contribution in [2.75, 3.05) is 13.7 Å². The molecular weight excluding hydrogens is 476 g/mol. The second-order valence-corrected chi connectivity index (χ2v) is 11.5. The SMILES string of the molecule is CCOC(=O)[C@H]1N[C@@H](c2cc(Cl)ccc2C)[C@@H](OCc2cc(C3CCC3)cnc2OC)[C@@H]1C(C)(C)C. The van der Waals surface area contributed by atoms with E-state index in [0.29, 0.717) is 30.0 Å². The molecule has 1 aromatic carbocycles. The number of hydrogen-bond acceptors (Lipinski definition) is 6. The van der Waals surface area contributed by atoms with Crippen LogP contribution in [0.25, 0.3) is 0 Å². The van der Waals surface area contributed by atoms with Crippen molar-refractivity contribution >= 4 is 17.6 Å². The lowest BCUT2D eigenvalue weighted by Gasteiger charge is -2.35. The van der Waals surface area contributed by atoms with Gasteiger partial charge in [-0.15, -0.1) is 0 Å². The van der Waals surface area contributed by atoms with Crippen LogP contribution in [0.15, 0.2) is 30.5 Å². The highest BCUT2D eigenvalue weighted by atomic mass is 35.5. The van der Waals surface area contributed by atoms with Gasteiger partial charge in [0, 0.05) is 22.7 Å². The number of carbonyl (C=O) groups excluding carboxylic acids is 1. The molecule has 6 nitrogen and oxygen atoms in total. The van der Waals surface area contributed by atoms with Gasteiger partial charge < -0.3 is 14.2 Å². The van der Waals surface area contributed by atoms with Crippen LogP contribution in [0.3, 0.4) is 0 Å². The minimum atomic E-state index is -0.500. The molecule has 0 bridgehead atoms. The summed E-state index contributed by atoms with van der Waals surface area (Å²) in [6.45, 7) is 11.0. The van der Waals surface area contributed by atoms with Crippen molar-refractivity contribution in [1.29, 1.82) is 0 Å². The van der Waals surface area contributed by atoms with E-state index in [4.69, 9.17) is 25.8 Å². The van der Waals surface area contributed by atoms with E-state index in [0.717, 1.165) is 16.7 Å². The second-order valence-electron chi connectivity index (χ2n) is 11.1. The molecule has 2 aromatic rings. The van der Waals surface area contributed by atoms with Crippen LogP contribution in [0.5, 0.6) is 5.88 Å². The van der Waals surface area contributed by atoms with Crippen LogP contribution in [0.1, 0.15) is 81.2 Å². The van der Waals surface area contributed by atoms with E-state index >= 15 is 0 Å². The topological polar surface area (TPSA) is 69.7 Å². The molecule has 2 fully saturated rings. The van der Waals surface area contributed by atoms with Crippen LogP contribution in [0.2, 0.25) is 5.02 Å². The van der Waals surface area contributed by atoms with Crippen LogP contribution in [0, 0.1) is 18.3 Å². The van der Waals surface area contributed by atoms with Gasteiger partial charge in [-0.25, -0.2) is 4.98 Å². The predicted molar refractivity (Wildman–Crippen MR) is 141 cm³/mol. The number of aryl methyl sites for hydroxylation is 1. The molecular formula is C29H39ClN2O4. The zero-order valence-electron chi connectivity index (χ0n) is 22.3. The van der Waals surface area contributed by atoms with Crippen molar-refractivity contribution in [2.45, 2.75) is 84.6 Å². The van der Waals surface area contributed by atoms with Crippen molar-refractivity contribution in [3.8, 4) is 5.88 Å². The minimum absolute atomic E-state index is 0.131. The van der Waals surface area contributed by atoms with Gasteiger partial charge in [-0.3, -0.25) is 10.1 Å². The highest BCUT2D eigenvalue weighted by Gasteiger charge is 2.53. The van der Waals surface area contributed by atoms with Gasteiger partial charge in [0.25, 0.3) is 0 Å². The normalized spacial score (nSPS) is 24.4. The van der Waals surface area contributed by atoms with E-state index < -0.39 is 6.04 Å². The van der Waals surface area contributed by atoms with Gasteiger partial charge in [-0.2, -0.15) is 0 Å². The molecule has 196 valence electrons. The first-order valence-corrected chi connectivity index (χ1v) is 13.3. The number of esters is 1. The van der Waals surface area contributed by atoms with Crippen LogP contribution in [-0.2, 0) is 20.9 Å². The molecule has 0 spiro atoms. The van der Waals surface area contributed by atoms with E-state index in [1.165, 1.54) is 24.8 Å². The third-order valence-corrected chi connectivity index (χ3v) is 7.90. The highest BCUT2D eigenvalue weighted by Crippen LogP contribution is 2.45. The Hall–Kier alpha value is -2.15. The Morgan fingerprint density at radius 1 is 1.22 bits per heavy atom. The zero-order valence-corrected chi connectivity index (χ0v) is 23.0.